The molecular weight excluding hydrogens is 414 g/mol. The molecule has 0 radical (unpaired) electrons. The van der Waals surface area contributed by atoms with Crippen LogP contribution in [0.2, 0.25) is 0 Å². The zero-order valence-corrected chi connectivity index (χ0v) is 18.8. The van der Waals surface area contributed by atoms with Gasteiger partial charge in [-0.3, -0.25) is 14.5 Å². The number of halogens is 1. The maximum Gasteiger partial charge on any atom is 0.224 e. The van der Waals surface area contributed by atoms with Gasteiger partial charge in [0.25, 0.3) is 0 Å². The van der Waals surface area contributed by atoms with Gasteiger partial charge < -0.3 is 16.2 Å². The number of carbonyl (C=O) groups is 1. The van der Waals surface area contributed by atoms with Crippen LogP contribution in [0.5, 0.6) is 0 Å². The van der Waals surface area contributed by atoms with Crippen LogP contribution in [0.3, 0.4) is 0 Å². The van der Waals surface area contributed by atoms with E-state index in [4.69, 9.17) is 17.3 Å². The molecule has 0 unspecified atom stereocenters. The minimum atomic E-state index is -0.473. The van der Waals surface area contributed by atoms with Crippen molar-refractivity contribution in [3.8, 4) is 11.4 Å². The third-order valence-electron chi connectivity index (χ3n) is 5.43. The van der Waals surface area contributed by atoms with E-state index in [1.54, 1.807) is 23.9 Å². The van der Waals surface area contributed by atoms with Gasteiger partial charge in [-0.25, -0.2) is 0 Å². The summed E-state index contributed by atoms with van der Waals surface area (Å²) in [5.41, 5.74) is 9.73. The number of aliphatic hydroxyl groups excluding tert-OH is 1. The maximum absolute atomic E-state index is 12.4. The van der Waals surface area contributed by atoms with Gasteiger partial charge in [-0.1, -0.05) is 36.6 Å². The number of amides is 1. The molecule has 4 N–H and O–H groups in total. The topological polar surface area (TPSA) is 106 Å². The summed E-state index contributed by atoms with van der Waals surface area (Å²) in [4.78, 5) is 16.9. The van der Waals surface area contributed by atoms with Gasteiger partial charge in [0, 0.05) is 38.0 Å². The van der Waals surface area contributed by atoms with Crippen LogP contribution in [0.25, 0.3) is 11.4 Å². The number of aryl methyl sites for hydroxylation is 1. The first-order valence-corrected chi connectivity index (χ1v) is 10.9. The summed E-state index contributed by atoms with van der Waals surface area (Å²) in [6, 6.07) is 5.62. The summed E-state index contributed by atoms with van der Waals surface area (Å²) in [7, 11) is 1.86. The lowest BCUT2D eigenvalue weighted by atomic mass is 9.92. The Balaban J connectivity index is 1.69. The number of allylic oxidation sites excluding steroid dienone is 3. The molecule has 1 saturated carbocycles. The molecule has 2 heterocycles. The molecule has 1 aliphatic carbocycles. The molecule has 2 atom stereocenters. The highest BCUT2D eigenvalue weighted by Gasteiger charge is 2.24. The molecule has 2 aromatic rings. The van der Waals surface area contributed by atoms with E-state index < -0.39 is 6.10 Å². The first-order valence-electron chi connectivity index (χ1n) is 10.6. The lowest BCUT2D eigenvalue weighted by molar-refractivity contribution is -0.122. The Bertz CT molecular complexity index is 961. The van der Waals surface area contributed by atoms with Gasteiger partial charge in [-0.15, -0.1) is 0 Å². The first kappa shape index (κ1) is 23.0. The van der Waals surface area contributed by atoms with E-state index in [-0.39, 0.29) is 18.4 Å². The van der Waals surface area contributed by atoms with E-state index in [0.717, 1.165) is 48.2 Å². The highest BCUT2D eigenvalue weighted by Crippen LogP contribution is 2.24. The lowest BCUT2D eigenvalue weighted by Gasteiger charge is -2.28. The van der Waals surface area contributed by atoms with Crippen LogP contribution in [-0.2, 0) is 18.3 Å². The fraction of sp³-hybridized carbons (Fsp3) is 0.435. The van der Waals surface area contributed by atoms with Gasteiger partial charge in [-0.2, -0.15) is 5.10 Å². The van der Waals surface area contributed by atoms with Crippen LogP contribution in [0, 0.1) is 0 Å². The van der Waals surface area contributed by atoms with Crippen molar-refractivity contribution in [1.82, 2.24) is 20.1 Å². The third kappa shape index (κ3) is 6.42. The highest BCUT2D eigenvalue weighted by molar-refractivity contribution is 6.32. The van der Waals surface area contributed by atoms with E-state index in [9.17, 15) is 9.90 Å². The molecule has 7 nitrogen and oxygen atoms in total. The van der Waals surface area contributed by atoms with Crippen molar-refractivity contribution in [3.63, 3.8) is 0 Å². The zero-order valence-electron chi connectivity index (χ0n) is 18.0. The number of aliphatic hydroxyl groups is 1. The molecule has 1 amide bonds. The van der Waals surface area contributed by atoms with Gasteiger partial charge in [0.2, 0.25) is 5.91 Å². The number of nitrogens with one attached hydrogen (secondary N) is 1. The first-order chi connectivity index (χ1) is 14.8. The third-order valence-corrected chi connectivity index (χ3v) is 5.97. The van der Waals surface area contributed by atoms with Gasteiger partial charge >= 0.3 is 0 Å². The molecule has 0 aromatic carbocycles. The standard InChI is InChI=1S/C23H30ClN5O2/c1-15(25)23(24)17(8-10-22(31)27-20-5-3-4-6-21(20)30)13-16-7-9-18(26-14-16)19-11-12-29(2)28-19/h7-9,11-12,14,20-21,30H,3-6,10,13,25H2,1-2H3,(H,27,31)/b17-8-,23-15+/t20-,21-/m0/s1. The predicted octanol–water partition coefficient (Wildman–Crippen LogP) is 3.19. The van der Waals surface area contributed by atoms with Crippen LogP contribution in [-0.4, -0.2) is 37.9 Å². The molecular formula is C23H30ClN5O2. The van der Waals surface area contributed by atoms with Crippen molar-refractivity contribution >= 4 is 17.5 Å². The van der Waals surface area contributed by atoms with Crippen molar-refractivity contribution in [2.24, 2.45) is 12.8 Å². The number of carbonyl (C=O) groups excluding carboxylic acids is 1. The zero-order chi connectivity index (χ0) is 22.4. The monoisotopic (exact) mass is 443 g/mol. The SMILES string of the molecule is C/C(N)=C(Cl)/C(=C\CC(=O)N[C@H]1CCCC[C@@H]1O)Cc1ccc(-c2ccn(C)n2)nc1. The molecule has 166 valence electrons. The van der Waals surface area contributed by atoms with Crippen LogP contribution >= 0.6 is 11.6 Å². The second-order valence-electron chi connectivity index (χ2n) is 8.06. The van der Waals surface area contributed by atoms with Crippen molar-refractivity contribution in [3.05, 3.63) is 58.5 Å². The van der Waals surface area contributed by atoms with E-state index in [1.807, 2.05) is 31.4 Å². The van der Waals surface area contributed by atoms with Gasteiger partial charge in [0.1, 0.15) is 5.69 Å². The largest absolute Gasteiger partial charge is 0.401 e. The minimum absolute atomic E-state index is 0.133. The molecule has 1 fully saturated rings. The lowest BCUT2D eigenvalue weighted by Crippen LogP contribution is -2.44. The van der Waals surface area contributed by atoms with Crippen LogP contribution < -0.4 is 11.1 Å². The Hall–Kier alpha value is -2.64. The number of nitrogens with two attached hydrogens (primary N) is 1. The Morgan fingerprint density at radius 2 is 2.10 bits per heavy atom. The molecule has 1 aliphatic rings. The summed E-state index contributed by atoms with van der Waals surface area (Å²) >= 11 is 6.44. The van der Waals surface area contributed by atoms with Gasteiger partial charge in [0.05, 0.1) is 22.9 Å². The number of hydrogen-bond acceptors (Lipinski definition) is 5. The number of nitrogens with zero attached hydrogens (tertiary/aromatic N) is 3. The van der Waals surface area contributed by atoms with Crippen LogP contribution in [0.15, 0.2) is 53.0 Å². The van der Waals surface area contributed by atoms with E-state index in [2.05, 4.69) is 15.4 Å². The summed E-state index contributed by atoms with van der Waals surface area (Å²) in [6.45, 7) is 1.73. The highest BCUT2D eigenvalue weighted by atomic mass is 35.5. The number of aromatic nitrogens is 3. The van der Waals surface area contributed by atoms with Crippen molar-refractivity contribution in [2.75, 3.05) is 0 Å². The Morgan fingerprint density at radius 1 is 1.32 bits per heavy atom. The molecule has 0 aliphatic heterocycles. The minimum Gasteiger partial charge on any atom is -0.401 e. The van der Waals surface area contributed by atoms with E-state index >= 15 is 0 Å². The normalized spacial score (nSPS) is 20.3. The predicted molar refractivity (Wildman–Crippen MR) is 122 cm³/mol. The smallest absolute Gasteiger partial charge is 0.224 e. The maximum atomic E-state index is 12.4. The Kier molecular flexibility index (Phi) is 7.87. The average molecular weight is 444 g/mol. The van der Waals surface area contributed by atoms with Crippen LogP contribution in [0.1, 0.15) is 44.6 Å². The number of rotatable bonds is 7. The second-order valence-corrected chi connectivity index (χ2v) is 8.44. The Labute approximate surface area is 188 Å². The quantitative estimate of drug-likeness (QED) is 0.570. The van der Waals surface area contributed by atoms with Gasteiger partial charge in [-0.05, 0) is 43.0 Å². The fourth-order valence-corrected chi connectivity index (χ4v) is 3.85. The molecule has 0 spiro atoms. The van der Waals surface area contributed by atoms with Gasteiger partial charge in [0.15, 0.2) is 0 Å². The number of hydrogen-bond donors (Lipinski definition) is 3. The molecule has 8 heteroatoms. The summed E-state index contributed by atoms with van der Waals surface area (Å²) in [5.74, 6) is -0.133. The average Bonchev–Trinajstić information content (AvgIpc) is 3.19. The summed E-state index contributed by atoms with van der Waals surface area (Å²) < 4.78 is 1.73. The van der Waals surface area contributed by atoms with E-state index in [0.29, 0.717) is 17.2 Å². The summed E-state index contributed by atoms with van der Waals surface area (Å²) in [5, 5.41) is 17.8. The van der Waals surface area contributed by atoms with Crippen molar-refractivity contribution < 1.29 is 9.90 Å². The van der Waals surface area contributed by atoms with Crippen LogP contribution in [0.4, 0.5) is 0 Å². The molecule has 31 heavy (non-hydrogen) atoms. The summed E-state index contributed by atoms with van der Waals surface area (Å²) in [6.07, 6.45) is 9.21. The molecule has 3 rings (SSSR count). The van der Waals surface area contributed by atoms with Crippen molar-refractivity contribution in [1.29, 1.82) is 0 Å². The molecule has 0 bridgehead atoms. The fourth-order valence-electron chi connectivity index (χ4n) is 3.71. The van der Waals surface area contributed by atoms with Crippen molar-refractivity contribution in [2.45, 2.75) is 57.6 Å². The second kappa shape index (κ2) is 10.6. The molecule has 0 saturated heterocycles. The Morgan fingerprint density at radius 3 is 2.71 bits per heavy atom. The van der Waals surface area contributed by atoms with E-state index in [1.165, 1.54) is 0 Å². The number of pyridine rings is 1. The molecule has 2 aromatic heterocycles.